The Labute approximate surface area is 197 Å². The highest BCUT2D eigenvalue weighted by Gasteiger charge is 2.14. The van der Waals surface area contributed by atoms with Crippen molar-refractivity contribution in [3.05, 3.63) is 71.6 Å². The summed E-state index contributed by atoms with van der Waals surface area (Å²) in [7, 11) is 1.53. The number of hydrogen-bond acceptors (Lipinski definition) is 6. The third kappa shape index (κ3) is 6.29. The molecule has 3 rings (SSSR count). The highest BCUT2D eigenvalue weighted by molar-refractivity contribution is 7.17. The molecule has 0 spiro atoms. The molecule has 0 saturated heterocycles. The molecule has 2 aromatic carbocycles. The summed E-state index contributed by atoms with van der Waals surface area (Å²) in [4.78, 5) is 25.0. The van der Waals surface area contributed by atoms with Crippen LogP contribution in [0.1, 0.15) is 48.5 Å². The number of ketones is 1. The number of Topliss-reactive ketones (excluding diaryl/α,β-unsaturated/α-hetero) is 1. The van der Waals surface area contributed by atoms with Crippen LogP contribution in [0, 0.1) is 0 Å². The van der Waals surface area contributed by atoms with Crippen LogP contribution in [-0.2, 0) is 4.79 Å². The van der Waals surface area contributed by atoms with Crippen molar-refractivity contribution >= 4 is 38.8 Å². The first-order valence-electron chi connectivity index (χ1n) is 10.8. The first-order valence-corrected chi connectivity index (χ1v) is 11.7. The van der Waals surface area contributed by atoms with Crippen LogP contribution in [0.3, 0.4) is 0 Å². The quantitative estimate of drug-likeness (QED) is 0.160. The van der Waals surface area contributed by atoms with Crippen molar-refractivity contribution in [2.45, 2.75) is 32.6 Å². The van der Waals surface area contributed by atoms with Crippen molar-refractivity contribution in [1.82, 2.24) is 5.43 Å². The van der Waals surface area contributed by atoms with E-state index in [0.29, 0.717) is 30.1 Å². The van der Waals surface area contributed by atoms with E-state index in [1.54, 1.807) is 29.5 Å². The van der Waals surface area contributed by atoms with E-state index in [1.165, 1.54) is 11.8 Å². The summed E-state index contributed by atoms with van der Waals surface area (Å²) in [5.74, 6) is 0.617. The minimum absolute atomic E-state index is 0.0387. The van der Waals surface area contributed by atoms with Crippen LogP contribution >= 0.6 is 11.3 Å². The van der Waals surface area contributed by atoms with Gasteiger partial charge in [0, 0.05) is 39.4 Å². The number of fused-ring (bicyclic) bond motifs is 1. The second kappa shape index (κ2) is 12.0. The Kier molecular flexibility index (Phi) is 8.78. The molecular weight excluding hydrogens is 436 g/mol. The van der Waals surface area contributed by atoms with Gasteiger partial charge in [-0.05, 0) is 44.0 Å². The van der Waals surface area contributed by atoms with Gasteiger partial charge in [-0.15, -0.1) is 17.9 Å². The summed E-state index contributed by atoms with van der Waals surface area (Å²) >= 11 is 1.65. The Morgan fingerprint density at radius 1 is 1.12 bits per heavy atom. The average Bonchev–Trinajstić information content (AvgIpc) is 3.27. The van der Waals surface area contributed by atoms with Crippen LogP contribution in [0.2, 0.25) is 0 Å². The smallest absolute Gasteiger partial charge is 0.240 e. The molecule has 1 heterocycles. The van der Waals surface area contributed by atoms with Gasteiger partial charge in [-0.25, -0.2) is 5.43 Å². The van der Waals surface area contributed by atoms with Gasteiger partial charge in [0.1, 0.15) is 0 Å². The van der Waals surface area contributed by atoms with E-state index < -0.39 is 0 Å². The molecule has 0 aliphatic heterocycles. The number of nitrogens with zero attached hydrogens (tertiary/aromatic N) is 1. The van der Waals surface area contributed by atoms with E-state index in [9.17, 15) is 9.59 Å². The SMILES string of the molecule is C=CCC/C(=N\NC(=O)CCC(=O)c1ccc(OCC)c(OC)c1)c1csc2ccccc12. The van der Waals surface area contributed by atoms with Gasteiger partial charge in [0.05, 0.1) is 19.4 Å². The molecular formula is C26H28N2O4S. The zero-order chi connectivity index (χ0) is 23.6. The van der Waals surface area contributed by atoms with Crippen molar-refractivity contribution in [3.63, 3.8) is 0 Å². The third-order valence-corrected chi connectivity index (χ3v) is 6.02. The Hall–Kier alpha value is -3.45. The lowest BCUT2D eigenvalue weighted by atomic mass is 10.0. The zero-order valence-corrected chi connectivity index (χ0v) is 19.7. The number of hydrogen-bond donors (Lipinski definition) is 1. The molecule has 0 bridgehead atoms. The summed E-state index contributed by atoms with van der Waals surface area (Å²) in [5, 5.41) is 7.56. The molecule has 7 heteroatoms. The van der Waals surface area contributed by atoms with E-state index in [-0.39, 0.29) is 24.5 Å². The summed E-state index contributed by atoms with van der Waals surface area (Å²) in [6.45, 7) is 6.16. The van der Waals surface area contributed by atoms with E-state index in [4.69, 9.17) is 9.47 Å². The van der Waals surface area contributed by atoms with Crippen LogP contribution in [0.15, 0.2) is 65.6 Å². The number of hydrazone groups is 1. The molecule has 0 saturated carbocycles. The number of methoxy groups -OCH3 is 1. The van der Waals surface area contributed by atoms with Gasteiger partial charge in [0.2, 0.25) is 5.91 Å². The maximum absolute atomic E-state index is 12.6. The fourth-order valence-electron chi connectivity index (χ4n) is 3.36. The monoisotopic (exact) mass is 464 g/mol. The van der Waals surface area contributed by atoms with Crippen molar-refractivity contribution < 1.29 is 19.1 Å². The summed E-state index contributed by atoms with van der Waals surface area (Å²) < 4.78 is 11.9. The maximum atomic E-state index is 12.6. The zero-order valence-electron chi connectivity index (χ0n) is 18.9. The lowest BCUT2D eigenvalue weighted by Gasteiger charge is -2.10. The van der Waals surface area contributed by atoms with E-state index in [1.807, 2.05) is 25.1 Å². The van der Waals surface area contributed by atoms with Crippen LogP contribution in [0.25, 0.3) is 10.1 Å². The third-order valence-electron chi connectivity index (χ3n) is 5.06. The fourth-order valence-corrected chi connectivity index (χ4v) is 4.33. The topological polar surface area (TPSA) is 77.0 Å². The predicted octanol–water partition coefficient (Wildman–Crippen LogP) is 5.76. The van der Waals surface area contributed by atoms with Crippen molar-refractivity contribution in [1.29, 1.82) is 0 Å². The molecule has 0 unspecified atom stereocenters. The maximum Gasteiger partial charge on any atom is 0.240 e. The van der Waals surface area contributed by atoms with Crippen molar-refractivity contribution in [2.24, 2.45) is 5.10 Å². The largest absolute Gasteiger partial charge is 0.493 e. The lowest BCUT2D eigenvalue weighted by molar-refractivity contribution is -0.121. The molecule has 0 atom stereocenters. The van der Waals surface area contributed by atoms with Gasteiger partial charge in [0.25, 0.3) is 0 Å². The lowest BCUT2D eigenvalue weighted by Crippen LogP contribution is -2.20. The number of allylic oxidation sites excluding steroid dienone is 1. The van der Waals surface area contributed by atoms with Crippen molar-refractivity contribution in [3.8, 4) is 11.5 Å². The normalized spacial score (nSPS) is 11.3. The number of rotatable bonds is 12. The molecule has 172 valence electrons. The number of amides is 1. The molecule has 33 heavy (non-hydrogen) atoms. The molecule has 1 N–H and O–H groups in total. The molecule has 1 amide bonds. The van der Waals surface area contributed by atoms with Crippen LogP contribution < -0.4 is 14.9 Å². The predicted molar refractivity (Wildman–Crippen MR) is 134 cm³/mol. The van der Waals surface area contributed by atoms with E-state index in [0.717, 1.165) is 23.1 Å². The Morgan fingerprint density at radius 3 is 2.70 bits per heavy atom. The first-order chi connectivity index (χ1) is 16.1. The average molecular weight is 465 g/mol. The number of carbonyl (C=O) groups is 2. The molecule has 0 fully saturated rings. The minimum atomic E-state index is -0.308. The van der Waals surface area contributed by atoms with Crippen LogP contribution in [-0.4, -0.2) is 31.1 Å². The van der Waals surface area contributed by atoms with Gasteiger partial charge in [-0.3, -0.25) is 9.59 Å². The Balaban J connectivity index is 1.65. The summed E-state index contributed by atoms with van der Waals surface area (Å²) in [6.07, 6.45) is 3.35. The standard InChI is InChI=1S/C26H28N2O4S/c1-4-6-10-21(20-17-33-25-11-8-7-9-19(20)25)27-28-26(30)15-13-22(29)18-12-14-23(32-5-2)24(16-18)31-3/h4,7-9,11-12,14,16-17H,1,5-6,10,13,15H2,2-3H3,(H,28,30)/b27-21+. The number of carbonyl (C=O) groups excluding carboxylic acids is 2. The molecule has 0 aliphatic rings. The van der Waals surface area contributed by atoms with E-state index >= 15 is 0 Å². The minimum Gasteiger partial charge on any atom is -0.493 e. The highest BCUT2D eigenvalue weighted by Crippen LogP contribution is 2.29. The molecule has 0 aliphatic carbocycles. The van der Waals surface area contributed by atoms with Gasteiger partial charge in [0.15, 0.2) is 17.3 Å². The van der Waals surface area contributed by atoms with Crippen LogP contribution in [0.4, 0.5) is 0 Å². The fraction of sp³-hybridized carbons (Fsp3) is 0.269. The number of benzene rings is 2. The van der Waals surface area contributed by atoms with Gasteiger partial charge in [-0.1, -0.05) is 24.3 Å². The molecule has 6 nitrogen and oxygen atoms in total. The highest BCUT2D eigenvalue weighted by atomic mass is 32.1. The van der Waals surface area contributed by atoms with Crippen LogP contribution in [0.5, 0.6) is 11.5 Å². The van der Waals surface area contributed by atoms with E-state index in [2.05, 4.69) is 34.6 Å². The summed E-state index contributed by atoms with van der Waals surface area (Å²) in [5.41, 5.74) is 4.90. The van der Waals surface area contributed by atoms with Gasteiger partial charge < -0.3 is 9.47 Å². The number of ether oxygens (including phenoxy) is 2. The second-order valence-electron chi connectivity index (χ2n) is 7.29. The molecule has 0 radical (unpaired) electrons. The molecule has 3 aromatic rings. The van der Waals surface area contributed by atoms with Crippen molar-refractivity contribution in [2.75, 3.05) is 13.7 Å². The Bertz CT molecular complexity index is 1170. The number of thiophene rings is 1. The number of nitrogens with one attached hydrogen (secondary N) is 1. The first kappa shape index (κ1) is 24.2. The second-order valence-corrected chi connectivity index (χ2v) is 8.20. The van der Waals surface area contributed by atoms with Gasteiger partial charge in [-0.2, -0.15) is 5.10 Å². The summed E-state index contributed by atoms with van der Waals surface area (Å²) in [6, 6.07) is 13.1. The Morgan fingerprint density at radius 2 is 1.94 bits per heavy atom. The van der Waals surface area contributed by atoms with Gasteiger partial charge >= 0.3 is 0 Å². The molecule has 1 aromatic heterocycles.